The Hall–Kier alpha value is -0.670. The largest absolute Gasteiger partial charge is 0.491 e. The summed E-state index contributed by atoms with van der Waals surface area (Å²) in [6, 6.07) is 8.99. The van der Waals surface area contributed by atoms with Gasteiger partial charge in [0, 0.05) is 11.8 Å². The molecule has 3 heteroatoms. The third kappa shape index (κ3) is 2.92. The fourth-order valence-electron chi connectivity index (χ4n) is 1.81. The molecule has 0 radical (unpaired) electrons. The van der Waals surface area contributed by atoms with Crippen molar-refractivity contribution in [1.29, 1.82) is 0 Å². The van der Waals surface area contributed by atoms with E-state index in [1.165, 1.54) is 11.3 Å². The number of hydrogen-bond donors (Lipinski definition) is 1. The van der Waals surface area contributed by atoms with Crippen molar-refractivity contribution >= 4 is 11.8 Å². The van der Waals surface area contributed by atoms with Crippen molar-refractivity contribution in [2.75, 3.05) is 5.75 Å². The molecule has 0 aliphatic carbocycles. The molecule has 0 aromatic heterocycles. The number of rotatable bonds is 3. The van der Waals surface area contributed by atoms with Crippen molar-refractivity contribution in [3.63, 3.8) is 0 Å². The summed E-state index contributed by atoms with van der Waals surface area (Å²) in [5, 5.41) is 3.98. The van der Waals surface area contributed by atoms with Gasteiger partial charge in [-0.1, -0.05) is 12.1 Å². The predicted octanol–water partition coefficient (Wildman–Crippen LogP) is 3.20. The number of hydrogen-bond acceptors (Lipinski definition) is 3. The smallest absolute Gasteiger partial charge is 0.120 e. The predicted molar refractivity (Wildman–Crippen MR) is 70.0 cm³/mol. The molecule has 1 heterocycles. The molecule has 0 amide bonds. The topological polar surface area (TPSA) is 21.3 Å². The summed E-state index contributed by atoms with van der Waals surface area (Å²) in [5.74, 6) is 2.15. The summed E-state index contributed by atoms with van der Waals surface area (Å²) in [4.78, 5) is 0. The summed E-state index contributed by atoms with van der Waals surface area (Å²) < 4.78 is 5.70. The van der Waals surface area contributed by atoms with E-state index in [1.807, 2.05) is 17.8 Å². The summed E-state index contributed by atoms with van der Waals surface area (Å²) in [5.41, 5.74) is 1.31. The van der Waals surface area contributed by atoms with Crippen molar-refractivity contribution in [2.45, 2.75) is 38.3 Å². The molecule has 2 unspecified atom stereocenters. The molecule has 1 aromatic rings. The van der Waals surface area contributed by atoms with E-state index in [1.54, 1.807) is 0 Å². The molecule has 2 atom stereocenters. The first-order chi connectivity index (χ1) is 7.65. The molecule has 0 bridgehead atoms. The van der Waals surface area contributed by atoms with Crippen molar-refractivity contribution < 1.29 is 4.74 Å². The lowest BCUT2D eigenvalue weighted by molar-refractivity contribution is 0.242. The van der Waals surface area contributed by atoms with Crippen LogP contribution in [-0.2, 0) is 0 Å². The molecule has 1 aromatic carbocycles. The average molecular weight is 237 g/mol. The van der Waals surface area contributed by atoms with Crippen LogP contribution in [0, 0.1) is 0 Å². The second-order valence-corrected chi connectivity index (χ2v) is 5.66. The fourth-order valence-corrected chi connectivity index (χ4v) is 3.06. The van der Waals surface area contributed by atoms with Crippen molar-refractivity contribution in [3.05, 3.63) is 29.8 Å². The molecule has 16 heavy (non-hydrogen) atoms. The SMILES string of the molecule is CC1CSC(c2cccc(OC(C)C)c2)N1. The van der Waals surface area contributed by atoms with Crippen LogP contribution in [0.2, 0.25) is 0 Å². The quantitative estimate of drug-likeness (QED) is 0.872. The zero-order valence-corrected chi connectivity index (χ0v) is 10.9. The molecular formula is C13H19NOS. The summed E-state index contributed by atoms with van der Waals surface area (Å²) in [7, 11) is 0. The summed E-state index contributed by atoms with van der Waals surface area (Å²) in [6.45, 7) is 6.33. The number of thioether (sulfide) groups is 1. The summed E-state index contributed by atoms with van der Waals surface area (Å²) >= 11 is 1.96. The lowest BCUT2D eigenvalue weighted by Gasteiger charge is -2.14. The van der Waals surface area contributed by atoms with Gasteiger partial charge in [-0.3, -0.25) is 5.32 Å². The van der Waals surface area contributed by atoms with Gasteiger partial charge in [0.05, 0.1) is 11.5 Å². The van der Waals surface area contributed by atoms with Crippen LogP contribution < -0.4 is 10.1 Å². The maximum absolute atomic E-state index is 5.70. The molecule has 1 aliphatic rings. The molecule has 1 saturated heterocycles. The Bertz CT molecular complexity index is 354. The van der Waals surface area contributed by atoms with E-state index in [-0.39, 0.29) is 6.10 Å². The number of nitrogens with one attached hydrogen (secondary N) is 1. The van der Waals surface area contributed by atoms with E-state index in [0.717, 1.165) is 5.75 Å². The van der Waals surface area contributed by atoms with E-state index in [9.17, 15) is 0 Å². The van der Waals surface area contributed by atoms with Crippen molar-refractivity contribution in [1.82, 2.24) is 5.32 Å². The second kappa shape index (κ2) is 5.11. The molecular weight excluding hydrogens is 218 g/mol. The second-order valence-electron chi connectivity index (χ2n) is 4.52. The maximum Gasteiger partial charge on any atom is 0.120 e. The minimum absolute atomic E-state index is 0.235. The third-order valence-electron chi connectivity index (χ3n) is 2.48. The highest BCUT2D eigenvalue weighted by molar-refractivity contribution is 7.99. The number of ether oxygens (including phenoxy) is 1. The molecule has 2 rings (SSSR count). The van der Waals surface area contributed by atoms with Crippen LogP contribution >= 0.6 is 11.8 Å². The van der Waals surface area contributed by atoms with Gasteiger partial charge in [0.15, 0.2) is 0 Å². The standard InChI is InChI=1S/C13H19NOS/c1-9(2)15-12-6-4-5-11(7-12)13-14-10(3)8-16-13/h4-7,9-10,13-14H,8H2,1-3H3. The van der Waals surface area contributed by atoms with Crippen molar-refractivity contribution in [3.8, 4) is 5.75 Å². The molecule has 0 spiro atoms. The van der Waals surface area contributed by atoms with Crippen molar-refractivity contribution in [2.24, 2.45) is 0 Å². The molecule has 1 aliphatic heterocycles. The van der Waals surface area contributed by atoms with Gasteiger partial charge >= 0.3 is 0 Å². The Kier molecular flexibility index (Phi) is 3.77. The first kappa shape index (κ1) is 11.8. The van der Waals surface area contributed by atoms with Gasteiger partial charge in [-0.15, -0.1) is 11.8 Å². The van der Waals surface area contributed by atoms with Crippen LogP contribution in [0.25, 0.3) is 0 Å². The van der Waals surface area contributed by atoms with Crippen LogP contribution in [0.15, 0.2) is 24.3 Å². The van der Waals surface area contributed by atoms with Gasteiger partial charge in [0.2, 0.25) is 0 Å². The van der Waals surface area contributed by atoms with Crippen LogP contribution in [0.1, 0.15) is 31.7 Å². The maximum atomic E-state index is 5.70. The molecule has 0 saturated carbocycles. The van der Waals surface area contributed by atoms with E-state index in [0.29, 0.717) is 11.4 Å². The Morgan fingerprint density at radius 3 is 2.88 bits per heavy atom. The van der Waals surface area contributed by atoms with Gasteiger partial charge in [0.25, 0.3) is 0 Å². The van der Waals surface area contributed by atoms with Gasteiger partial charge in [-0.05, 0) is 38.5 Å². The minimum Gasteiger partial charge on any atom is -0.491 e. The highest BCUT2D eigenvalue weighted by atomic mass is 32.2. The first-order valence-electron chi connectivity index (χ1n) is 5.79. The minimum atomic E-state index is 0.235. The van der Waals surface area contributed by atoms with E-state index < -0.39 is 0 Å². The monoisotopic (exact) mass is 237 g/mol. The normalized spacial score (nSPS) is 25.0. The van der Waals surface area contributed by atoms with Crippen LogP contribution in [0.3, 0.4) is 0 Å². The molecule has 1 fully saturated rings. The van der Waals surface area contributed by atoms with E-state index in [2.05, 4.69) is 44.3 Å². The van der Waals surface area contributed by atoms with Crippen LogP contribution in [-0.4, -0.2) is 17.9 Å². The summed E-state index contributed by atoms with van der Waals surface area (Å²) in [6.07, 6.45) is 0.235. The first-order valence-corrected chi connectivity index (χ1v) is 6.84. The zero-order valence-electron chi connectivity index (χ0n) is 10.1. The Morgan fingerprint density at radius 2 is 2.25 bits per heavy atom. The lowest BCUT2D eigenvalue weighted by Crippen LogP contribution is -2.21. The third-order valence-corrected chi connectivity index (χ3v) is 3.92. The van der Waals surface area contributed by atoms with Crippen LogP contribution in [0.4, 0.5) is 0 Å². The van der Waals surface area contributed by atoms with Crippen LogP contribution in [0.5, 0.6) is 5.75 Å². The Labute approximate surface area is 102 Å². The van der Waals surface area contributed by atoms with E-state index in [4.69, 9.17) is 4.74 Å². The van der Waals surface area contributed by atoms with E-state index >= 15 is 0 Å². The highest BCUT2D eigenvalue weighted by Crippen LogP contribution is 2.33. The fraction of sp³-hybridized carbons (Fsp3) is 0.538. The highest BCUT2D eigenvalue weighted by Gasteiger charge is 2.22. The molecule has 88 valence electrons. The lowest BCUT2D eigenvalue weighted by atomic mass is 10.2. The van der Waals surface area contributed by atoms with Gasteiger partial charge in [-0.2, -0.15) is 0 Å². The number of benzene rings is 1. The zero-order chi connectivity index (χ0) is 11.5. The Balaban J connectivity index is 2.09. The van der Waals surface area contributed by atoms with Gasteiger partial charge < -0.3 is 4.74 Å². The molecule has 1 N–H and O–H groups in total. The van der Waals surface area contributed by atoms with Gasteiger partial charge in [-0.25, -0.2) is 0 Å². The Morgan fingerprint density at radius 1 is 1.44 bits per heavy atom. The molecule has 2 nitrogen and oxygen atoms in total. The average Bonchev–Trinajstić information content (AvgIpc) is 2.64. The van der Waals surface area contributed by atoms with Gasteiger partial charge in [0.1, 0.15) is 5.75 Å².